The second kappa shape index (κ2) is 7.28. The van der Waals surface area contributed by atoms with Crippen LogP contribution in [0.15, 0.2) is 53.4 Å². The maximum absolute atomic E-state index is 13.0. The molecule has 0 unspecified atom stereocenters. The van der Waals surface area contributed by atoms with Crippen LogP contribution in [0.4, 0.5) is 5.69 Å². The molecular weight excluding hydrogens is 381 g/mol. The first-order chi connectivity index (χ1) is 11.5. The zero-order valence-corrected chi connectivity index (χ0v) is 15.9. The van der Waals surface area contributed by atoms with Crippen LogP contribution in [0.5, 0.6) is 0 Å². The average Bonchev–Trinajstić information content (AvgIpc) is 2.86. The third kappa shape index (κ3) is 3.11. The summed E-state index contributed by atoms with van der Waals surface area (Å²) in [6.07, 6.45) is 0.628. The minimum absolute atomic E-state index is 0.135. The van der Waals surface area contributed by atoms with Crippen LogP contribution in [0.3, 0.4) is 0 Å². The first kappa shape index (κ1) is 17.5. The number of hydrogen-bond acceptors (Lipinski definition) is 3. The third-order valence-corrected chi connectivity index (χ3v) is 5.72. The van der Waals surface area contributed by atoms with Crippen molar-refractivity contribution >= 4 is 68.7 Å². The summed E-state index contributed by atoms with van der Waals surface area (Å²) in [5, 5.41) is 1.06. The molecule has 1 heterocycles. The molecule has 0 spiro atoms. The summed E-state index contributed by atoms with van der Waals surface area (Å²) >= 11 is 19.4. The smallest absolute Gasteiger partial charge is 0.268 e. The van der Waals surface area contributed by atoms with Gasteiger partial charge in [0, 0.05) is 15.6 Å². The van der Waals surface area contributed by atoms with Crippen molar-refractivity contribution in [3.63, 3.8) is 0 Å². The average molecular weight is 394 g/mol. The highest BCUT2D eigenvalue weighted by Crippen LogP contribution is 2.43. The number of thioether (sulfide) groups is 1. The molecule has 1 aliphatic rings. The molecule has 0 N–H and O–H groups in total. The van der Waals surface area contributed by atoms with Crippen LogP contribution in [0.1, 0.15) is 18.9 Å². The third-order valence-electron chi connectivity index (χ3n) is 3.68. The molecule has 0 aromatic heterocycles. The molecule has 1 aliphatic heterocycles. The van der Waals surface area contributed by atoms with Crippen molar-refractivity contribution in [3.8, 4) is 0 Å². The summed E-state index contributed by atoms with van der Waals surface area (Å²) < 4.78 is 0.510. The molecule has 3 rings (SSSR count). The van der Waals surface area contributed by atoms with E-state index in [2.05, 4.69) is 0 Å². The molecular formula is C18H13Cl2NOS2. The van der Waals surface area contributed by atoms with Crippen molar-refractivity contribution in [1.82, 2.24) is 0 Å². The highest BCUT2D eigenvalue weighted by atomic mass is 35.5. The fraction of sp³-hybridized carbons (Fsp3) is 0.111. The number of rotatable bonds is 3. The predicted octanol–water partition coefficient (Wildman–Crippen LogP) is 6.18. The molecule has 0 saturated carbocycles. The van der Waals surface area contributed by atoms with Crippen LogP contribution in [0, 0.1) is 0 Å². The summed E-state index contributed by atoms with van der Waals surface area (Å²) in [7, 11) is 0. The van der Waals surface area contributed by atoms with Crippen molar-refractivity contribution in [3.05, 3.63) is 69.0 Å². The lowest BCUT2D eigenvalue weighted by molar-refractivity contribution is -0.113. The van der Waals surface area contributed by atoms with E-state index < -0.39 is 0 Å². The van der Waals surface area contributed by atoms with Crippen LogP contribution in [-0.4, -0.2) is 10.2 Å². The van der Waals surface area contributed by atoms with Gasteiger partial charge in [0.25, 0.3) is 5.91 Å². The number of thiocarbonyl (C=S) groups is 1. The molecule has 0 radical (unpaired) electrons. The zero-order chi connectivity index (χ0) is 17.3. The Balaban J connectivity index is 2.12. The largest absolute Gasteiger partial charge is 0.271 e. The molecule has 2 nitrogen and oxygen atoms in total. The number of nitrogens with zero attached hydrogens (tertiary/aromatic N) is 1. The van der Waals surface area contributed by atoms with Gasteiger partial charge < -0.3 is 0 Å². The SMILES string of the molecule is CC/C(=C1/SC(=S)N(c2ccccc2)C1=O)c1c(Cl)cccc1Cl. The molecule has 2 aromatic rings. The zero-order valence-electron chi connectivity index (χ0n) is 12.8. The number of carbonyl (C=O) groups is 1. The molecule has 0 bridgehead atoms. The molecule has 1 amide bonds. The number of halogens is 2. The van der Waals surface area contributed by atoms with E-state index in [1.54, 1.807) is 23.1 Å². The number of anilines is 1. The molecule has 1 fully saturated rings. The minimum Gasteiger partial charge on any atom is -0.268 e. The lowest BCUT2D eigenvalue weighted by Crippen LogP contribution is -2.27. The number of para-hydroxylation sites is 1. The lowest BCUT2D eigenvalue weighted by atomic mass is 10.0. The molecule has 122 valence electrons. The maximum Gasteiger partial charge on any atom is 0.271 e. The standard InChI is InChI=1S/C18H13Cl2NOS2/c1-2-12(15-13(19)9-6-10-14(15)20)16-17(22)21(18(23)24-16)11-7-4-3-5-8-11/h3-10H,2H2,1H3/b16-12-. The molecule has 2 aromatic carbocycles. The van der Waals surface area contributed by atoms with Crippen LogP contribution in [0.2, 0.25) is 10.0 Å². The van der Waals surface area contributed by atoms with Crippen LogP contribution >= 0.6 is 47.2 Å². The van der Waals surface area contributed by atoms with Gasteiger partial charge in [-0.15, -0.1) is 0 Å². The lowest BCUT2D eigenvalue weighted by Gasteiger charge is -2.15. The molecule has 6 heteroatoms. The highest BCUT2D eigenvalue weighted by molar-refractivity contribution is 8.27. The Hall–Kier alpha value is -1.33. The summed E-state index contributed by atoms with van der Waals surface area (Å²) in [6, 6.07) is 14.7. The van der Waals surface area contributed by atoms with Crippen molar-refractivity contribution in [2.75, 3.05) is 4.90 Å². The van der Waals surface area contributed by atoms with Gasteiger partial charge in [0.1, 0.15) is 0 Å². The summed E-state index contributed by atoms with van der Waals surface area (Å²) in [6.45, 7) is 1.98. The Labute approximate surface area is 160 Å². The van der Waals surface area contributed by atoms with E-state index >= 15 is 0 Å². The summed E-state index contributed by atoms with van der Waals surface area (Å²) in [4.78, 5) is 15.1. The number of benzene rings is 2. The van der Waals surface area contributed by atoms with E-state index in [1.807, 2.05) is 37.3 Å². The Bertz CT molecular complexity index is 829. The molecule has 0 atom stereocenters. The number of amides is 1. The van der Waals surface area contributed by atoms with E-state index in [0.29, 0.717) is 31.3 Å². The van der Waals surface area contributed by atoms with Crippen LogP contribution in [-0.2, 0) is 4.79 Å². The maximum atomic E-state index is 13.0. The molecule has 0 aliphatic carbocycles. The van der Waals surface area contributed by atoms with Crippen molar-refractivity contribution < 1.29 is 4.79 Å². The second-order valence-electron chi connectivity index (χ2n) is 5.10. The first-order valence-electron chi connectivity index (χ1n) is 7.33. The molecule has 24 heavy (non-hydrogen) atoms. The quantitative estimate of drug-likeness (QED) is 0.458. The van der Waals surface area contributed by atoms with Gasteiger partial charge >= 0.3 is 0 Å². The van der Waals surface area contributed by atoms with E-state index in [1.165, 1.54) is 11.8 Å². The Morgan fingerprint density at radius 2 is 1.71 bits per heavy atom. The van der Waals surface area contributed by atoms with E-state index in [0.717, 1.165) is 11.3 Å². The van der Waals surface area contributed by atoms with E-state index in [-0.39, 0.29) is 5.91 Å². The van der Waals surface area contributed by atoms with E-state index in [9.17, 15) is 4.79 Å². The number of allylic oxidation sites excluding steroid dienone is 1. The number of hydrogen-bond donors (Lipinski definition) is 0. The van der Waals surface area contributed by atoms with Crippen LogP contribution in [0.25, 0.3) is 5.57 Å². The minimum atomic E-state index is -0.135. The normalized spacial score (nSPS) is 16.7. The monoisotopic (exact) mass is 393 g/mol. The van der Waals surface area contributed by atoms with Crippen molar-refractivity contribution in [1.29, 1.82) is 0 Å². The predicted molar refractivity (Wildman–Crippen MR) is 108 cm³/mol. The van der Waals surface area contributed by atoms with Gasteiger partial charge in [-0.2, -0.15) is 0 Å². The topological polar surface area (TPSA) is 20.3 Å². The van der Waals surface area contributed by atoms with Gasteiger partial charge in [-0.25, -0.2) is 0 Å². The van der Waals surface area contributed by atoms with Gasteiger partial charge in [0.15, 0.2) is 4.32 Å². The summed E-state index contributed by atoms with van der Waals surface area (Å²) in [5.74, 6) is -0.135. The second-order valence-corrected chi connectivity index (χ2v) is 7.56. The van der Waals surface area contributed by atoms with Gasteiger partial charge in [-0.1, -0.05) is 78.4 Å². The van der Waals surface area contributed by atoms with Crippen molar-refractivity contribution in [2.24, 2.45) is 0 Å². The highest BCUT2D eigenvalue weighted by Gasteiger charge is 2.36. The van der Waals surface area contributed by atoms with Gasteiger partial charge in [-0.05, 0) is 36.3 Å². The van der Waals surface area contributed by atoms with Gasteiger partial charge in [0.05, 0.1) is 10.6 Å². The fourth-order valence-corrected chi connectivity index (χ4v) is 4.65. The Kier molecular flexibility index (Phi) is 5.30. The Morgan fingerprint density at radius 3 is 2.29 bits per heavy atom. The van der Waals surface area contributed by atoms with Crippen LogP contribution < -0.4 is 4.90 Å². The van der Waals surface area contributed by atoms with E-state index in [4.69, 9.17) is 35.4 Å². The van der Waals surface area contributed by atoms with Gasteiger partial charge in [0.2, 0.25) is 0 Å². The van der Waals surface area contributed by atoms with Crippen molar-refractivity contribution in [2.45, 2.75) is 13.3 Å². The number of carbonyl (C=O) groups excluding carboxylic acids is 1. The summed E-state index contributed by atoms with van der Waals surface area (Å²) in [5.41, 5.74) is 2.29. The molecule has 1 saturated heterocycles. The van der Waals surface area contributed by atoms with Gasteiger partial charge in [-0.3, -0.25) is 9.69 Å². The fourth-order valence-electron chi connectivity index (χ4n) is 2.59. The first-order valence-corrected chi connectivity index (χ1v) is 9.31. The Morgan fingerprint density at radius 1 is 1.08 bits per heavy atom.